The molecule has 9 nitrogen and oxygen atoms in total. The largest absolute Gasteiger partial charge is 0.419 e. The van der Waals surface area contributed by atoms with Gasteiger partial charge in [-0.2, -0.15) is 4.58 Å². The summed E-state index contributed by atoms with van der Waals surface area (Å²) in [6.07, 6.45) is 20.6. The highest BCUT2D eigenvalue weighted by molar-refractivity contribution is 6.32. The maximum absolute atomic E-state index is 13.2. The third-order valence-corrected chi connectivity index (χ3v) is 17.1. The van der Waals surface area contributed by atoms with Crippen LogP contribution in [0.25, 0.3) is 0 Å². The molecule has 66 heavy (non-hydrogen) atoms. The molecule has 6 heterocycles. The number of para-hydroxylation sites is 2. The number of unbranched alkanes of at least 4 members (excludes halogenated alkanes) is 4. The SMILES string of the molecule is CCCCN1/C(=C/C=C2\CCCC(/C=C/C3=[N+](CCCCCCNC(=O)OC4O[C@H]5OC6(C)CC[C@@H]7[C@@H](C)CC[C@H]([C@@H]4C)[C@]57OO6)c4ccccc4C3(C)C)=C2Cl)C(C)(C)c2ccccc21. The van der Waals surface area contributed by atoms with Crippen molar-refractivity contribution in [2.45, 2.75) is 174 Å². The molecular weight excluding hydrogens is 846 g/mol. The maximum atomic E-state index is 13.2. The lowest BCUT2D eigenvalue weighted by Gasteiger charge is -2.59. The Bertz CT molecular complexity index is 2310. The molecule has 2 aliphatic carbocycles. The zero-order valence-corrected chi connectivity index (χ0v) is 41.7. The number of anilines is 1. The number of amides is 1. The van der Waals surface area contributed by atoms with Gasteiger partial charge in [-0.25, -0.2) is 14.6 Å². The van der Waals surface area contributed by atoms with Gasteiger partial charge in [0.05, 0.1) is 5.41 Å². The number of allylic oxidation sites excluding steroid dienone is 8. The zero-order valence-electron chi connectivity index (χ0n) is 40.9. The van der Waals surface area contributed by atoms with Crippen molar-refractivity contribution in [3.63, 3.8) is 0 Å². The Hall–Kier alpha value is -3.73. The van der Waals surface area contributed by atoms with E-state index in [2.05, 4.69) is 136 Å². The summed E-state index contributed by atoms with van der Waals surface area (Å²) >= 11 is 7.33. The van der Waals surface area contributed by atoms with E-state index in [4.69, 9.17) is 35.6 Å². The van der Waals surface area contributed by atoms with Crippen molar-refractivity contribution < 1.29 is 33.4 Å². The smallest absolute Gasteiger partial charge is 0.409 e. The summed E-state index contributed by atoms with van der Waals surface area (Å²) in [4.78, 5) is 27.9. The number of carbonyl (C=O) groups is 1. The first-order valence-electron chi connectivity index (χ1n) is 25.4. The standard InChI is InChI=1S/C56H74ClN3O6/c1-9-10-35-59-45-24-15-13-22-43(45)53(4,5)47(59)30-27-39-20-19-21-40(49(39)57)28-31-48-54(6,7)44-23-14-16-25-46(44)60(48)36-18-12-11-17-34-58-52(61)63-50-38(3)42-29-26-37(2)41-32-33-55(8)64-51(62-50)56(41,42)66-65-55/h13-16,22-25,27-28,30-31,37-38,41-42,50-51H,9-12,17-21,26,29,32-36H2,1-8H3/p+1/t37-,38-,41+,42+,50?,51-,55?,56-/m0/s1. The van der Waals surface area contributed by atoms with Gasteiger partial charge in [0.25, 0.3) is 0 Å². The average molecular weight is 922 g/mol. The summed E-state index contributed by atoms with van der Waals surface area (Å²) in [6, 6.07) is 17.7. The third-order valence-electron chi connectivity index (χ3n) is 16.6. The Morgan fingerprint density at radius 1 is 0.879 bits per heavy atom. The summed E-state index contributed by atoms with van der Waals surface area (Å²) < 4.78 is 21.4. The highest BCUT2D eigenvalue weighted by atomic mass is 35.5. The molecule has 5 fully saturated rings. The van der Waals surface area contributed by atoms with E-state index in [1.54, 1.807) is 0 Å². The van der Waals surface area contributed by atoms with Gasteiger partial charge in [0.2, 0.25) is 17.8 Å². The van der Waals surface area contributed by atoms with Crippen molar-refractivity contribution in [2.75, 3.05) is 24.5 Å². The molecule has 6 aliphatic heterocycles. The Balaban J connectivity index is 0.815. The number of alkyl carbamates (subject to hydrolysis) is 1. The number of ether oxygens (including phenoxy) is 3. The molecule has 10 heteroatoms. The monoisotopic (exact) mass is 921 g/mol. The van der Waals surface area contributed by atoms with Gasteiger partial charge in [0.1, 0.15) is 6.54 Å². The predicted octanol–water partition coefficient (Wildman–Crippen LogP) is 13.2. The molecule has 1 spiro atoms. The fourth-order valence-corrected chi connectivity index (χ4v) is 13.1. The van der Waals surface area contributed by atoms with Crippen LogP contribution >= 0.6 is 11.6 Å². The Morgan fingerprint density at radius 3 is 2.47 bits per heavy atom. The quantitative estimate of drug-likeness (QED) is 0.115. The van der Waals surface area contributed by atoms with E-state index >= 15 is 0 Å². The minimum atomic E-state index is -0.865. The van der Waals surface area contributed by atoms with Crippen LogP contribution in [0.4, 0.5) is 16.2 Å². The van der Waals surface area contributed by atoms with E-state index in [9.17, 15) is 4.79 Å². The fourth-order valence-electron chi connectivity index (χ4n) is 12.7. The number of rotatable bonds is 14. The maximum Gasteiger partial charge on any atom is 0.409 e. The van der Waals surface area contributed by atoms with E-state index in [-0.39, 0.29) is 28.6 Å². The molecule has 2 unspecified atom stereocenters. The molecule has 2 aromatic carbocycles. The summed E-state index contributed by atoms with van der Waals surface area (Å²) in [6.45, 7) is 20.5. The zero-order chi connectivity index (χ0) is 46.4. The number of carbonyl (C=O) groups excluding carboxylic acids is 1. The van der Waals surface area contributed by atoms with E-state index in [1.807, 2.05) is 6.92 Å². The molecule has 2 aromatic rings. The normalized spacial score (nSPS) is 33.1. The third kappa shape index (κ3) is 8.56. The van der Waals surface area contributed by atoms with Crippen LogP contribution < -0.4 is 10.2 Å². The molecule has 4 saturated heterocycles. The summed E-state index contributed by atoms with van der Waals surface area (Å²) in [7, 11) is 0. The van der Waals surface area contributed by atoms with Crippen molar-refractivity contribution in [2.24, 2.45) is 23.7 Å². The first-order valence-corrected chi connectivity index (χ1v) is 25.8. The average Bonchev–Trinajstić information content (AvgIpc) is 3.48. The minimum Gasteiger partial charge on any atom is -0.419 e. The van der Waals surface area contributed by atoms with E-state index in [0.29, 0.717) is 12.5 Å². The van der Waals surface area contributed by atoms with Gasteiger partial charge in [-0.05, 0) is 119 Å². The molecule has 1 amide bonds. The lowest BCUT2D eigenvalue weighted by molar-refractivity contribution is -0.576. The van der Waals surface area contributed by atoms with Crippen LogP contribution in [0.5, 0.6) is 0 Å². The lowest BCUT2D eigenvalue weighted by Crippen LogP contribution is -2.70. The Morgan fingerprint density at radius 2 is 1.65 bits per heavy atom. The number of nitrogens with zero attached hydrogens (tertiary/aromatic N) is 2. The van der Waals surface area contributed by atoms with E-state index in [0.717, 1.165) is 102 Å². The van der Waals surface area contributed by atoms with E-state index < -0.39 is 30.1 Å². The number of nitrogens with one attached hydrogen (secondary N) is 1. The highest BCUT2D eigenvalue weighted by Gasteiger charge is 2.70. The van der Waals surface area contributed by atoms with Gasteiger partial charge < -0.3 is 24.4 Å². The Labute approximate surface area is 399 Å². The molecule has 0 radical (unpaired) electrons. The Kier molecular flexibility index (Phi) is 13.6. The number of fused-ring (bicyclic) bond motifs is 4. The van der Waals surface area contributed by atoms with Gasteiger partial charge in [-0.1, -0.05) is 108 Å². The minimum absolute atomic E-state index is 0.0575. The van der Waals surface area contributed by atoms with Crippen molar-refractivity contribution in [1.82, 2.24) is 5.32 Å². The molecule has 0 aromatic heterocycles. The molecule has 8 aliphatic rings. The molecule has 356 valence electrons. The van der Waals surface area contributed by atoms with Crippen LogP contribution in [0.2, 0.25) is 0 Å². The van der Waals surface area contributed by atoms with Crippen LogP contribution in [0.3, 0.4) is 0 Å². The lowest BCUT2D eigenvalue weighted by atomic mass is 9.58. The van der Waals surface area contributed by atoms with Gasteiger partial charge in [-0.15, -0.1) is 0 Å². The molecule has 1 saturated carbocycles. The first kappa shape index (κ1) is 47.3. The van der Waals surface area contributed by atoms with Crippen molar-refractivity contribution in [3.8, 4) is 0 Å². The van der Waals surface area contributed by atoms with Crippen LogP contribution in [-0.2, 0) is 34.8 Å². The summed E-state index contributed by atoms with van der Waals surface area (Å²) in [5, 5.41) is 3.90. The molecule has 8 atom stereocenters. The second kappa shape index (κ2) is 19.0. The summed E-state index contributed by atoms with van der Waals surface area (Å²) in [5.74, 6) is -0.0708. The van der Waals surface area contributed by atoms with Gasteiger partial charge in [0, 0.05) is 77.3 Å². The van der Waals surface area contributed by atoms with Crippen LogP contribution in [-0.4, -0.2) is 60.0 Å². The highest BCUT2D eigenvalue weighted by Crippen LogP contribution is 2.60. The van der Waals surface area contributed by atoms with Crippen molar-refractivity contribution >= 4 is 34.8 Å². The van der Waals surface area contributed by atoms with Crippen molar-refractivity contribution in [3.05, 3.63) is 106 Å². The topological polar surface area (TPSA) is 81.5 Å². The first-order chi connectivity index (χ1) is 31.7. The van der Waals surface area contributed by atoms with Gasteiger partial charge in [0.15, 0.2) is 17.6 Å². The molecular formula is C56H75ClN3O6+. The van der Waals surface area contributed by atoms with E-state index in [1.165, 1.54) is 45.1 Å². The fraction of sp³-hybridized carbons (Fsp3) is 0.607. The van der Waals surface area contributed by atoms with Crippen molar-refractivity contribution in [1.29, 1.82) is 0 Å². The second-order valence-corrected chi connectivity index (χ2v) is 22.0. The molecule has 1 N–H and O–H groups in total. The van der Waals surface area contributed by atoms with Crippen LogP contribution in [0.1, 0.15) is 150 Å². The number of hydrogen-bond donors (Lipinski definition) is 1. The summed E-state index contributed by atoms with van der Waals surface area (Å²) in [5.41, 5.74) is 9.55. The number of hydrogen-bond acceptors (Lipinski definition) is 7. The van der Waals surface area contributed by atoms with Crippen LogP contribution in [0.15, 0.2) is 94.7 Å². The van der Waals surface area contributed by atoms with Gasteiger partial charge >= 0.3 is 6.09 Å². The second-order valence-electron chi connectivity index (χ2n) is 21.6. The molecule has 2 bridgehead atoms. The molecule has 10 rings (SSSR count). The number of benzene rings is 2. The van der Waals surface area contributed by atoms with Crippen LogP contribution in [0, 0.1) is 23.7 Å². The van der Waals surface area contributed by atoms with Gasteiger partial charge in [-0.3, -0.25) is 0 Å². The number of halogens is 1. The predicted molar refractivity (Wildman–Crippen MR) is 263 cm³/mol.